The average Bonchev–Trinajstić information content (AvgIpc) is 2.39. The zero-order valence-electron chi connectivity index (χ0n) is 10.9. The van der Waals surface area contributed by atoms with Crippen molar-refractivity contribution in [3.05, 3.63) is 12.7 Å². The van der Waals surface area contributed by atoms with Gasteiger partial charge in [-0.15, -0.1) is 6.58 Å². The molecule has 1 unspecified atom stereocenters. The summed E-state index contributed by atoms with van der Waals surface area (Å²) in [5.41, 5.74) is 0. The molecule has 1 aliphatic heterocycles. The molecule has 0 aliphatic carbocycles. The lowest BCUT2D eigenvalue weighted by molar-refractivity contribution is 0.0118. The standard InChI is InChI=1S/C13H24N2O3/c1-2-8-15(9-10-16)13(17)14-7-6-12-5-3-4-11-18-12/h2,12,16H,1,3-11H2,(H,14,17). The molecule has 1 aliphatic rings. The van der Waals surface area contributed by atoms with Gasteiger partial charge in [0.15, 0.2) is 0 Å². The number of nitrogens with one attached hydrogen (secondary N) is 1. The Hall–Kier alpha value is -1.07. The zero-order valence-corrected chi connectivity index (χ0v) is 10.9. The quantitative estimate of drug-likeness (QED) is 0.671. The Bertz CT molecular complexity index is 253. The molecule has 2 N–H and O–H groups in total. The van der Waals surface area contributed by atoms with Gasteiger partial charge < -0.3 is 20.1 Å². The van der Waals surface area contributed by atoms with Gasteiger partial charge in [-0.1, -0.05) is 6.08 Å². The zero-order chi connectivity index (χ0) is 13.2. The molecule has 1 heterocycles. The first-order chi connectivity index (χ1) is 8.77. The predicted octanol–water partition coefficient (Wildman–Crippen LogP) is 1.14. The van der Waals surface area contributed by atoms with Crippen molar-refractivity contribution in [2.45, 2.75) is 31.8 Å². The highest BCUT2D eigenvalue weighted by Crippen LogP contribution is 2.14. The fourth-order valence-electron chi connectivity index (χ4n) is 2.04. The molecule has 104 valence electrons. The second-order valence-electron chi connectivity index (χ2n) is 4.47. The first kappa shape index (κ1) is 15.0. The van der Waals surface area contributed by atoms with E-state index in [2.05, 4.69) is 11.9 Å². The third-order valence-electron chi connectivity index (χ3n) is 3.02. The van der Waals surface area contributed by atoms with Crippen LogP contribution in [0, 0.1) is 0 Å². The lowest BCUT2D eigenvalue weighted by atomic mass is 10.1. The van der Waals surface area contributed by atoms with E-state index in [0.29, 0.717) is 19.6 Å². The number of hydrogen-bond donors (Lipinski definition) is 2. The molecule has 1 fully saturated rings. The maximum Gasteiger partial charge on any atom is 0.317 e. The number of carbonyl (C=O) groups is 1. The van der Waals surface area contributed by atoms with Gasteiger partial charge in [0.25, 0.3) is 0 Å². The molecule has 0 aromatic rings. The van der Waals surface area contributed by atoms with E-state index < -0.39 is 0 Å². The van der Waals surface area contributed by atoms with Crippen molar-refractivity contribution in [2.75, 3.05) is 32.8 Å². The van der Waals surface area contributed by atoms with Gasteiger partial charge in [-0.3, -0.25) is 0 Å². The Labute approximate surface area is 109 Å². The van der Waals surface area contributed by atoms with E-state index in [-0.39, 0.29) is 18.7 Å². The Balaban J connectivity index is 2.19. The van der Waals surface area contributed by atoms with Crippen LogP contribution in [0.25, 0.3) is 0 Å². The number of amides is 2. The highest BCUT2D eigenvalue weighted by molar-refractivity contribution is 5.74. The number of nitrogens with zero attached hydrogens (tertiary/aromatic N) is 1. The van der Waals surface area contributed by atoms with Crippen LogP contribution in [-0.2, 0) is 4.74 Å². The predicted molar refractivity (Wildman–Crippen MR) is 70.5 cm³/mol. The molecule has 5 nitrogen and oxygen atoms in total. The molecule has 0 aromatic carbocycles. The summed E-state index contributed by atoms with van der Waals surface area (Å²) in [5.74, 6) is 0. The maximum absolute atomic E-state index is 11.8. The van der Waals surface area contributed by atoms with Gasteiger partial charge in [0.1, 0.15) is 0 Å². The van der Waals surface area contributed by atoms with Crippen LogP contribution in [-0.4, -0.2) is 55.0 Å². The molecule has 0 aromatic heterocycles. The normalized spacial score (nSPS) is 19.3. The van der Waals surface area contributed by atoms with E-state index in [4.69, 9.17) is 9.84 Å². The lowest BCUT2D eigenvalue weighted by Crippen LogP contribution is -2.42. The van der Waals surface area contributed by atoms with E-state index >= 15 is 0 Å². The minimum Gasteiger partial charge on any atom is -0.395 e. The average molecular weight is 256 g/mol. The topological polar surface area (TPSA) is 61.8 Å². The van der Waals surface area contributed by atoms with Gasteiger partial charge in [0.2, 0.25) is 0 Å². The van der Waals surface area contributed by atoms with Gasteiger partial charge in [-0.05, 0) is 25.7 Å². The Morgan fingerprint density at radius 3 is 3.00 bits per heavy atom. The summed E-state index contributed by atoms with van der Waals surface area (Å²) < 4.78 is 5.59. The van der Waals surface area contributed by atoms with E-state index in [9.17, 15) is 4.79 Å². The van der Waals surface area contributed by atoms with E-state index in [1.54, 1.807) is 6.08 Å². The number of aliphatic hydroxyl groups excluding tert-OH is 1. The number of carbonyl (C=O) groups excluding carboxylic acids is 1. The minimum absolute atomic E-state index is 0.0347. The van der Waals surface area contributed by atoms with Gasteiger partial charge in [0.05, 0.1) is 12.7 Å². The fraction of sp³-hybridized carbons (Fsp3) is 0.769. The summed E-state index contributed by atoms with van der Waals surface area (Å²) >= 11 is 0. The van der Waals surface area contributed by atoms with Crippen LogP contribution < -0.4 is 5.32 Å². The number of urea groups is 1. The van der Waals surface area contributed by atoms with Crippen LogP contribution in [0.3, 0.4) is 0 Å². The molecule has 0 bridgehead atoms. The van der Waals surface area contributed by atoms with Crippen LogP contribution in [0.1, 0.15) is 25.7 Å². The molecule has 0 spiro atoms. The van der Waals surface area contributed by atoms with Crippen molar-refractivity contribution in [1.29, 1.82) is 0 Å². The first-order valence-corrected chi connectivity index (χ1v) is 6.64. The SMILES string of the molecule is C=CCN(CCO)C(=O)NCCC1CCCCO1. The third-order valence-corrected chi connectivity index (χ3v) is 3.02. The molecule has 2 amide bonds. The van der Waals surface area contributed by atoms with Crippen molar-refractivity contribution in [3.8, 4) is 0 Å². The van der Waals surface area contributed by atoms with Crippen LogP contribution in [0.4, 0.5) is 4.79 Å². The first-order valence-electron chi connectivity index (χ1n) is 6.64. The second kappa shape index (κ2) is 8.94. The molecule has 1 rings (SSSR count). The van der Waals surface area contributed by atoms with Gasteiger partial charge in [-0.25, -0.2) is 4.79 Å². The summed E-state index contributed by atoms with van der Waals surface area (Å²) in [5, 5.41) is 11.7. The van der Waals surface area contributed by atoms with E-state index in [1.807, 2.05) is 0 Å². The molecular weight excluding hydrogens is 232 g/mol. The number of hydrogen-bond acceptors (Lipinski definition) is 3. The van der Waals surface area contributed by atoms with Crippen molar-refractivity contribution in [3.63, 3.8) is 0 Å². The van der Waals surface area contributed by atoms with Crippen LogP contribution >= 0.6 is 0 Å². The van der Waals surface area contributed by atoms with Crippen molar-refractivity contribution < 1.29 is 14.6 Å². The van der Waals surface area contributed by atoms with Gasteiger partial charge in [-0.2, -0.15) is 0 Å². The van der Waals surface area contributed by atoms with E-state index in [1.165, 1.54) is 11.3 Å². The van der Waals surface area contributed by atoms with Gasteiger partial charge >= 0.3 is 6.03 Å². The summed E-state index contributed by atoms with van der Waals surface area (Å²) in [6, 6.07) is -0.153. The third kappa shape index (κ3) is 5.51. The molecule has 18 heavy (non-hydrogen) atoms. The lowest BCUT2D eigenvalue weighted by Gasteiger charge is -2.24. The number of aliphatic hydroxyl groups is 1. The fourth-order valence-corrected chi connectivity index (χ4v) is 2.04. The molecule has 0 saturated carbocycles. The minimum atomic E-state index is -0.153. The Kier molecular flexibility index (Phi) is 7.44. The van der Waals surface area contributed by atoms with Crippen LogP contribution in [0.5, 0.6) is 0 Å². The van der Waals surface area contributed by atoms with E-state index in [0.717, 1.165) is 25.9 Å². The largest absolute Gasteiger partial charge is 0.395 e. The second-order valence-corrected chi connectivity index (χ2v) is 4.47. The molecule has 5 heteroatoms. The van der Waals surface area contributed by atoms with Crippen LogP contribution in [0.15, 0.2) is 12.7 Å². The number of rotatable bonds is 7. The molecule has 1 atom stereocenters. The van der Waals surface area contributed by atoms with Crippen molar-refractivity contribution in [2.24, 2.45) is 0 Å². The van der Waals surface area contributed by atoms with Crippen molar-refractivity contribution in [1.82, 2.24) is 10.2 Å². The number of ether oxygens (including phenoxy) is 1. The molecular formula is C13H24N2O3. The maximum atomic E-state index is 11.8. The Morgan fingerprint density at radius 2 is 2.39 bits per heavy atom. The Morgan fingerprint density at radius 1 is 1.56 bits per heavy atom. The smallest absolute Gasteiger partial charge is 0.317 e. The summed E-state index contributed by atoms with van der Waals surface area (Å²) in [6.45, 7) is 5.80. The highest BCUT2D eigenvalue weighted by Gasteiger charge is 2.15. The monoisotopic (exact) mass is 256 g/mol. The van der Waals surface area contributed by atoms with Crippen LogP contribution in [0.2, 0.25) is 0 Å². The van der Waals surface area contributed by atoms with Gasteiger partial charge in [0, 0.05) is 26.2 Å². The molecule has 1 saturated heterocycles. The summed E-state index contributed by atoms with van der Waals surface area (Å²) in [6.07, 6.45) is 6.23. The highest BCUT2D eigenvalue weighted by atomic mass is 16.5. The molecule has 0 radical (unpaired) electrons. The van der Waals surface area contributed by atoms with Crippen molar-refractivity contribution >= 4 is 6.03 Å². The summed E-state index contributed by atoms with van der Waals surface area (Å²) in [7, 11) is 0. The summed E-state index contributed by atoms with van der Waals surface area (Å²) in [4.78, 5) is 13.3.